The molecular weight excluding hydrogens is 192 g/mol. The monoisotopic (exact) mass is 216 g/mol. The van der Waals surface area contributed by atoms with Crippen LogP contribution >= 0.6 is 0 Å². The zero-order valence-corrected chi connectivity index (χ0v) is 10.4. The topological polar surface area (TPSA) is 38.7 Å². The van der Waals surface area contributed by atoms with E-state index in [-0.39, 0.29) is 6.61 Å². The van der Waals surface area contributed by atoms with Crippen LogP contribution in [0.4, 0.5) is 0 Å². The van der Waals surface area contributed by atoms with Crippen LogP contribution in [0.15, 0.2) is 12.7 Å². The van der Waals surface area contributed by atoms with Gasteiger partial charge in [-0.3, -0.25) is 0 Å². The van der Waals surface area contributed by atoms with Crippen LogP contribution in [0.5, 0.6) is 0 Å². The van der Waals surface area contributed by atoms with Crippen LogP contribution < -0.4 is 0 Å². The number of hydrogen-bond donors (Lipinski definition) is 1. The summed E-state index contributed by atoms with van der Waals surface area (Å²) < 4.78 is 10.8. The molecule has 0 spiro atoms. The van der Waals surface area contributed by atoms with Crippen molar-refractivity contribution in [3.8, 4) is 0 Å². The van der Waals surface area contributed by atoms with Gasteiger partial charge in [0, 0.05) is 5.41 Å². The molecule has 0 aromatic rings. The minimum absolute atomic E-state index is 0.281. The average Bonchev–Trinajstić information content (AvgIpc) is 2.23. The Morgan fingerprint density at radius 1 is 1.27 bits per heavy atom. The van der Waals surface area contributed by atoms with E-state index in [1.54, 1.807) is 6.08 Å². The molecule has 0 bridgehead atoms. The lowest BCUT2D eigenvalue weighted by Crippen LogP contribution is -2.49. The van der Waals surface area contributed by atoms with Crippen molar-refractivity contribution in [1.82, 2.24) is 0 Å². The molecule has 0 amide bonds. The molecule has 0 rings (SSSR count). The third-order valence-electron chi connectivity index (χ3n) is 2.64. The van der Waals surface area contributed by atoms with E-state index < -0.39 is 11.4 Å². The molecule has 15 heavy (non-hydrogen) atoms. The summed E-state index contributed by atoms with van der Waals surface area (Å²) in [6, 6.07) is 0. The zero-order chi connectivity index (χ0) is 11.9. The van der Waals surface area contributed by atoms with Crippen LogP contribution in [0.2, 0.25) is 0 Å². The Hall–Kier alpha value is -0.380. The van der Waals surface area contributed by atoms with Crippen LogP contribution in [-0.2, 0) is 9.47 Å². The fourth-order valence-corrected chi connectivity index (χ4v) is 1.07. The highest BCUT2D eigenvalue weighted by Crippen LogP contribution is 2.36. The van der Waals surface area contributed by atoms with Crippen molar-refractivity contribution in [1.29, 1.82) is 0 Å². The fraction of sp³-hybridized carbons (Fsp3) is 0.833. The molecule has 1 N–H and O–H groups in total. The second-order valence-electron chi connectivity index (χ2n) is 4.27. The van der Waals surface area contributed by atoms with E-state index in [0.717, 1.165) is 12.8 Å². The lowest BCUT2D eigenvalue weighted by molar-refractivity contribution is -0.405. The minimum atomic E-state index is -1.52. The van der Waals surface area contributed by atoms with Gasteiger partial charge >= 0.3 is 0 Å². The van der Waals surface area contributed by atoms with E-state index in [2.05, 4.69) is 6.58 Å². The molecule has 0 heterocycles. The van der Waals surface area contributed by atoms with Crippen molar-refractivity contribution in [3.63, 3.8) is 0 Å². The van der Waals surface area contributed by atoms with Crippen molar-refractivity contribution in [3.05, 3.63) is 12.7 Å². The van der Waals surface area contributed by atoms with Gasteiger partial charge in [-0.15, -0.1) is 6.58 Å². The molecule has 0 aliphatic heterocycles. The van der Waals surface area contributed by atoms with Crippen LogP contribution in [0.3, 0.4) is 0 Å². The maximum Gasteiger partial charge on any atom is 0.286 e. The summed E-state index contributed by atoms with van der Waals surface area (Å²) in [5.41, 5.74) is -0.439. The SMILES string of the molecule is C=CCO[C@@](O)(OCCC)C(C)(C)CC. The third kappa shape index (κ3) is 3.93. The van der Waals surface area contributed by atoms with Crippen LogP contribution in [-0.4, -0.2) is 24.3 Å². The molecule has 0 saturated carbocycles. The molecule has 0 unspecified atom stereocenters. The molecule has 0 fully saturated rings. The first-order chi connectivity index (χ1) is 6.93. The molecule has 0 aromatic carbocycles. The lowest BCUT2D eigenvalue weighted by Gasteiger charge is -2.40. The second-order valence-corrected chi connectivity index (χ2v) is 4.27. The Balaban J connectivity index is 4.59. The van der Waals surface area contributed by atoms with Crippen LogP contribution in [0.1, 0.15) is 40.5 Å². The maximum absolute atomic E-state index is 10.3. The van der Waals surface area contributed by atoms with Gasteiger partial charge in [-0.05, 0) is 12.8 Å². The highest BCUT2D eigenvalue weighted by molar-refractivity contribution is 4.79. The van der Waals surface area contributed by atoms with Crippen molar-refractivity contribution < 1.29 is 14.6 Å². The summed E-state index contributed by atoms with van der Waals surface area (Å²) in [7, 11) is 0. The Labute approximate surface area is 93.1 Å². The van der Waals surface area contributed by atoms with Crippen LogP contribution in [0, 0.1) is 5.41 Å². The first-order valence-corrected chi connectivity index (χ1v) is 5.54. The summed E-state index contributed by atoms with van der Waals surface area (Å²) in [4.78, 5) is 0. The summed E-state index contributed by atoms with van der Waals surface area (Å²) in [6.45, 7) is 12.2. The van der Waals surface area contributed by atoms with Crippen molar-refractivity contribution >= 4 is 0 Å². The standard InChI is InChI=1S/C12H24O3/c1-6-9-14-12(13,15-10-7-2)11(4,5)8-3/h6,13H,1,7-10H2,2-5H3/t12-/m1/s1. The number of hydrogen-bond acceptors (Lipinski definition) is 3. The molecular formula is C12H24O3. The quantitative estimate of drug-likeness (QED) is 0.501. The Kier molecular flexibility index (Phi) is 6.10. The Morgan fingerprint density at radius 3 is 2.27 bits per heavy atom. The third-order valence-corrected chi connectivity index (χ3v) is 2.64. The lowest BCUT2D eigenvalue weighted by atomic mass is 9.87. The molecule has 1 atom stereocenters. The van der Waals surface area contributed by atoms with Crippen LogP contribution in [0.25, 0.3) is 0 Å². The van der Waals surface area contributed by atoms with E-state index in [1.807, 2.05) is 27.7 Å². The Morgan fingerprint density at radius 2 is 1.87 bits per heavy atom. The first kappa shape index (κ1) is 14.6. The van der Waals surface area contributed by atoms with Crippen molar-refractivity contribution in [2.24, 2.45) is 5.41 Å². The van der Waals surface area contributed by atoms with E-state index in [4.69, 9.17) is 9.47 Å². The summed E-state index contributed by atoms with van der Waals surface area (Å²) >= 11 is 0. The van der Waals surface area contributed by atoms with Gasteiger partial charge in [0.25, 0.3) is 5.97 Å². The summed E-state index contributed by atoms with van der Waals surface area (Å²) in [6.07, 6.45) is 3.22. The molecule has 0 aliphatic rings. The van der Waals surface area contributed by atoms with Gasteiger partial charge in [-0.2, -0.15) is 0 Å². The molecule has 90 valence electrons. The normalized spacial score (nSPS) is 16.1. The summed E-state index contributed by atoms with van der Waals surface area (Å²) in [5, 5.41) is 10.3. The van der Waals surface area contributed by atoms with E-state index in [0.29, 0.717) is 6.61 Å². The van der Waals surface area contributed by atoms with Gasteiger partial charge in [0.15, 0.2) is 0 Å². The molecule has 3 heteroatoms. The van der Waals surface area contributed by atoms with E-state index >= 15 is 0 Å². The molecule has 3 nitrogen and oxygen atoms in total. The van der Waals surface area contributed by atoms with Gasteiger partial charge in [0.05, 0.1) is 13.2 Å². The van der Waals surface area contributed by atoms with Gasteiger partial charge in [0.2, 0.25) is 0 Å². The average molecular weight is 216 g/mol. The largest absolute Gasteiger partial charge is 0.343 e. The highest BCUT2D eigenvalue weighted by atomic mass is 16.8. The molecule has 0 aromatic heterocycles. The molecule has 0 saturated heterocycles. The fourth-order valence-electron chi connectivity index (χ4n) is 1.07. The predicted octanol–water partition coefficient (Wildman–Crippen LogP) is 2.70. The summed E-state index contributed by atoms with van der Waals surface area (Å²) in [5.74, 6) is -1.52. The highest BCUT2D eigenvalue weighted by Gasteiger charge is 2.44. The Bertz CT molecular complexity index is 189. The van der Waals surface area contributed by atoms with E-state index in [9.17, 15) is 5.11 Å². The minimum Gasteiger partial charge on any atom is -0.343 e. The van der Waals surface area contributed by atoms with Crippen molar-refractivity contribution in [2.45, 2.75) is 46.5 Å². The van der Waals surface area contributed by atoms with Gasteiger partial charge in [-0.25, -0.2) is 0 Å². The van der Waals surface area contributed by atoms with E-state index in [1.165, 1.54) is 0 Å². The number of ether oxygens (including phenoxy) is 2. The van der Waals surface area contributed by atoms with Gasteiger partial charge < -0.3 is 14.6 Å². The first-order valence-electron chi connectivity index (χ1n) is 5.54. The molecule has 0 aliphatic carbocycles. The van der Waals surface area contributed by atoms with Crippen molar-refractivity contribution in [2.75, 3.05) is 13.2 Å². The van der Waals surface area contributed by atoms with Gasteiger partial charge in [-0.1, -0.05) is 33.8 Å². The number of rotatable bonds is 8. The zero-order valence-electron chi connectivity index (χ0n) is 10.4. The maximum atomic E-state index is 10.3. The molecule has 0 radical (unpaired) electrons. The number of aliphatic hydroxyl groups is 1. The second kappa shape index (κ2) is 6.26. The smallest absolute Gasteiger partial charge is 0.286 e. The van der Waals surface area contributed by atoms with Gasteiger partial charge in [0.1, 0.15) is 0 Å². The predicted molar refractivity (Wildman–Crippen MR) is 61.4 cm³/mol.